The Morgan fingerprint density at radius 1 is 0.750 bits per heavy atom. The van der Waals surface area contributed by atoms with Gasteiger partial charge >= 0.3 is 5.97 Å². The Bertz CT molecular complexity index is 1880. The lowest BCUT2D eigenvalue weighted by atomic mass is 9.91. The van der Waals surface area contributed by atoms with Gasteiger partial charge in [-0.15, -0.1) is 0 Å². The molecular weight excluding hydrogens is 817 g/mol. The molecule has 6 rings (SSSR count). The van der Waals surface area contributed by atoms with Gasteiger partial charge in [0.25, 0.3) is 8.32 Å². The van der Waals surface area contributed by atoms with Crippen molar-refractivity contribution in [2.24, 2.45) is 0 Å². The van der Waals surface area contributed by atoms with Crippen LogP contribution in [-0.4, -0.2) is 69.4 Å². The molecule has 0 aromatic heterocycles. The lowest BCUT2D eigenvalue weighted by Crippen LogP contribution is -2.67. The first kappa shape index (κ1) is 49.6. The standard InChI is InChI=1S/C55H76O8Si/c1-6-7-8-9-10-11-12-13-14-15-21-28-45(56)37-47-38-48(61-53(57)44-26-19-16-20-27-44)39-55(62-47)40-51(59-41-43-33-35-46(58-5)36-34-43)52(63-55)42-60-64(54(2,3)4,49-29-22-17-23-30-49)50-31-24-18-25-32-50/h16-20,22-27,29-36,45,47-48,51-52,56H,6-15,21,28,37-42H2,1-5H3/t45-,47-,48-,51-,52-,55-/m0/s1. The van der Waals surface area contributed by atoms with Crippen LogP contribution in [0.3, 0.4) is 0 Å². The number of ether oxygens (including phenoxy) is 5. The molecule has 0 amide bonds. The van der Waals surface area contributed by atoms with Crippen LogP contribution in [0.4, 0.5) is 0 Å². The van der Waals surface area contributed by atoms with Gasteiger partial charge in [0.2, 0.25) is 0 Å². The summed E-state index contributed by atoms with van der Waals surface area (Å²) in [6, 6.07) is 38.3. The molecule has 9 heteroatoms. The van der Waals surface area contributed by atoms with Gasteiger partial charge in [0.15, 0.2) is 5.79 Å². The van der Waals surface area contributed by atoms with E-state index in [9.17, 15) is 9.90 Å². The second-order valence-corrected chi connectivity index (χ2v) is 23.5. The molecule has 2 heterocycles. The number of unbranched alkanes of at least 4 members (excludes halogenated alkanes) is 10. The first-order valence-electron chi connectivity index (χ1n) is 24.3. The lowest BCUT2D eigenvalue weighted by molar-refractivity contribution is -0.290. The molecule has 6 atom stereocenters. The summed E-state index contributed by atoms with van der Waals surface area (Å²) in [5.41, 5.74) is 1.51. The predicted molar refractivity (Wildman–Crippen MR) is 259 cm³/mol. The minimum Gasteiger partial charge on any atom is -0.497 e. The van der Waals surface area contributed by atoms with Gasteiger partial charge in [-0.1, -0.05) is 189 Å². The summed E-state index contributed by atoms with van der Waals surface area (Å²) in [5.74, 6) is -0.711. The van der Waals surface area contributed by atoms with Crippen molar-refractivity contribution in [1.82, 2.24) is 0 Å². The first-order valence-corrected chi connectivity index (χ1v) is 26.2. The molecule has 0 saturated carbocycles. The number of hydrogen-bond donors (Lipinski definition) is 1. The Hall–Kier alpha value is -3.83. The minimum absolute atomic E-state index is 0.237. The maximum Gasteiger partial charge on any atom is 0.338 e. The van der Waals surface area contributed by atoms with Gasteiger partial charge < -0.3 is 33.2 Å². The van der Waals surface area contributed by atoms with Crippen molar-refractivity contribution in [2.45, 2.75) is 178 Å². The van der Waals surface area contributed by atoms with Crippen LogP contribution in [0, 0.1) is 0 Å². The number of rotatable bonds is 25. The van der Waals surface area contributed by atoms with E-state index >= 15 is 0 Å². The van der Waals surface area contributed by atoms with Gasteiger partial charge in [0.1, 0.15) is 18.0 Å². The van der Waals surface area contributed by atoms with Crippen LogP contribution >= 0.6 is 0 Å². The van der Waals surface area contributed by atoms with Gasteiger partial charge in [-0.05, 0) is 58.1 Å². The Labute approximate surface area is 385 Å². The highest BCUT2D eigenvalue weighted by Gasteiger charge is 2.56. The zero-order valence-corrected chi connectivity index (χ0v) is 40.4. The Balaban J connectivity index is 1.20. The van der Waals surface area contributed by atoms with Gasteiger partial charge in [-0.3, -0.25) is 0 Å². The number of aliphatic hydroxyl groups is 1. The molecule has 8 nitrogen and oxygen atoms in total. The van der Waals surface area contributed by atoms with Crippen molar-refractivity contribution in [3.63, 3.8) is 0 Å². The minimum atomic E-state index is -2.94. The van der Waals surface area contributed by atoms with Crippen LogP contribution in [0.2, 0.25) is 5.04 Å². The molecule has 4 aromatic carbocycles. The first-order chi connectivity index (χ1) is 31.0. The van der Waals surface area contributed by atoms with Crippen LogP contribution in [0.25, 0.3) is 0 Å². The number of esters is 1. The van der Waals surface area contributed by atoms with Crippen molar-refractivity contribution in [2.75, 3.05) is 13.7 Å². The molecule has 2 saturated heterocycles. The maximum atomic E-state index is 13.6. The number of methoxy groups -OCH3 is 1. The summed E-state index contributed by atoms with van der Waals surface area (Å²) in [6.45, 7) is 9.72. The molecule has 0 bridgehead atoms. The fourth-order valence-electron chi connectivity index (χ4n) is 9.86. The zero-order chi connectivity index (χ0) is 45.3. The molecule has 0 radical (unpaired) electrons. The summed E-state index contributed by atoms with van der Waals surface area (Å²) in [7, 11) is -1.27. The van der Waals surface area contributed by atoms with Crippen LogP contribution in [0.1, 0.15) is 146 Å². The van der Waals surface area contributed by atoms with Crippen LogP contribution in [0.15, 0.2) is 115 Å². The second kappa shape index (κ2) is 24.6. The number of hydrogen-bond acceptors (Lipinski definition) is 8. The second-order valence-electron chi connectivity index (χ2n) is 19.2. The molecule has 1 N–H and O–H groups in total. The largest absolute Gasteiger partial charge is 0.497 e. The van der Waals surface area contributed by atoms with Crippen LogP contribution in [-0.2, 0) is 30.0 Å². The van der Waals surface area contributed by atoms with Gasteiger partial charge in [0, 0.05) is 19.3 Å². The molecule has 64 heavy (non-hydrogen) atoms. The summed E-state index contributed by atoms with van der Waals surface area (Å²) >= 11 is 0. The molecule has 1 spiro atoms. The quantitative estimate of drug-likeness (QED) is 0.0400. The van der Waals surface area contributed by atoms with Gasteiger partial charge in [0.05, 0.1) is 44.2 Å². The lowest BCUT2D eigenvalue weighted by Gasteiger charge is -2.44. The average Bonchev–Trinajstić information content (AvgIpc) is 3.63. The highest BCUT2D eigenvalue weighted by molar-refractivity contribution is 6.99. The Kier molecular flexibility index (Phi) is 19.1. The fourth-order valence-corrected chi connectivity index (χ4v) is 14.4. The molecule has 0 unspecified atom stereocenters. The monoisotopic (exact) mass is 893 g/mol. The van der Waals surface area contributed by atoms with E-state index in [4.69, 9.17) is 28.1 Å². The van der Waals surface area contributed by atoms with E-state index in [1.165, 1.54) is 68.2 Å². The molecule has 348 valence electrons. The number of carbonyl (C=O) groups is 1. The van der Waals surface area contributed by atoms with E-state index in [-0.39, 0.29) is 23.7 Å². The molecule has 2 aliphatic heterocycles. The molecule has 4 aromatic rings. The van der Waals surface area contributed by atoms with Crippen molar-refractivity contribution in [3.8, 4) is 5.75 Å². The van der Waals surface area contributed by atoms with Gasteiger partial charge in [-0.25, -0.2) is 4.79 Å². The molecular formula is C55H76O8Si. The summed E-state index contributed by atoms with van der Waals surface area (Å²) in [6.07, 6.45) is 13.9. The van der Waals surface area contributed by atoms with Crippen molar-refractivity contribution < 1.29 is 38.0 Å². The smallest absolute Gasteiger partial charge is 0.338 e. The van der Waals surface area contributed by atoms with Crippen molar-refractivity contribution >= 4 is 24.7 Å². The normalized spacial score (nSPS) is 21.8. The van der Waals surface area contributed by atoms with Crippen molar-refractivity contribution in [1.29, 1.82) is 0 Å². The third-order valence-electron chi connectivity index (χ3n) is 13.2. The number of carbonyl (C=O) groups excluding carboxylic acids is 1. The third kappa shape index (κ3) is 13.8. The highest BCUT2D eigenvalue weighted by Crippen LogP contribution is 2.45. The van der Waals surface area contributed by atoms with E-state index in [1.807, 2.05) is 42.5 Å². The SMILES string of the molecule is CCCCCCCCCCCCC[C@H](O)C[C@H]1C[C@H](OC(=O)c2ccccc2)C[C@]2(C[C@H](OCc3ccc(OC)cc3)[C@H](CO[Si](c3ccccc3)(c3ccccc3)C(C)(C)C)O2)O1. The van der Waals surface area contributed by atoms with E-state index < -0.39 is 38.5 Å². The number of aliphatic hydroxyl groups excluding tert-OH is 1. The summed E-state index contributed by atoms with van der Waals surface area (Å²) in [5, 5.41) is 13.6. The van der Waals surface area contributed by atoms with E-state index in [2.05, 4.69) is 88.4 Å². The highest BCUT2D eigenvalue weighted by atomic mass is 28.4. The Morgan fingerprint density at radius 3 is 1.88 bits per heavy atom. The van der Waals surface area contributed by atoms with E-state index in [0.29, 0.717) is 44.3 Å². The zero-order valence-electron chi connectivity index (χ0n) is 39.4. The summed E-state index contributed by atoms with van der Waals surface area (Å²) in [4.78, 5) is 13.6. The predicted octanol–water partition coefficient (Wildman–Crippen LogP) is 11.5. The van der Waals surface area contributed by atoms with Crippen molar-refractivity contribution in [3.05, 3.63) is 126 Å². The number of benzene rings is 4. The maximum absolute atomic E-state index is 13.6. The van der Waals surface area contributed by atoms with Crippen LogP contribution < -0.4 is 15.1 Å². The average molecular weight is 893 g/mol. The third-order valence-corrected chi connectivity index (χ3v) is 18.2. The summed E-state index contributed by atoms with van der Waals surface area (Å²) < 4.78 is 40.2. The Morgan fingerprint density at radius 2 is 1.31 bits per heavy atom. The van der Waals surface area contributed by atoms with E-state index in [0.717, 1.165) is 24.2 Å². The van der Waals surface area contributed by atoms with Gasteiger partial charge in [-0.2, -0.15) is 0 Å². The van der Waals surface area contributed by atoms with Crippen LogP contribution in [0.5, 0.6) is 5.75 Å². The van der Waals surface area contributed by atoms with E-state index in [1.54, 1.807) is 19.2 Å². The topological polar surface area (TPSA) is 92.7 Å². The molecule has 2 aliphatic rings. The molecule has 2 fully saturated rings. The fraction of sp³-hybridized carbons (Fsp3) is 0.545. The molecule has 0 aliphatic carbocycles.